The lowest BCUT2D eigenvalue weighted by Gasteiger charge is -2.37. The van der Waals surface area contributed by atoms with Gasteiger partial charge in [-0.05, 0) is 59.9 Å². The van der Waals surface area contributed by atoms with Crippen LogP contribution in [0, 0.1) is 27.4 Å². The summed E-state index contributed by atoms with van der Waals surface area (Å²) >= 11 is 0. The predicted octanol–water partition coefficient (Wildman–Crippen LogP) is 7.45. The van der Waals surface area contributed by atoms with Crippen molar-refractivity contribution in [2.75, 3.05) is 0 Å². The van der Waals surface area contributed by atoms with Gasteiger partial charge in [-0.3, -0.25) is 14.9 Å². The van der Waals surface area contributed by atoms with E-state index in [-0.39, 0.29) is 40.0 Å². The van der Waals surface area contributed by atoms with Gasteiger partial charge < -0.3 is 9.84 Å². The first kappa shape index (κ1) is 27.7. The van der Waals surface area contributed by atoms with Crippen molar-refractivity contribution in [2.45, 2.75) is 84.5 Å². The maximum absolute atomic E-state index is 14.2. The Balaban J connectivity index is 1.98. The lowest BCUT2D eigenvalue weighted by atomic mass is 9.72. The number of halogens is 3. The second-order valence-corrected chi connectivity index (χ2v) is 11.3. The van der Waals surface area contributed by atoms with Gasteiger partial charge in [0.25, 0.3) is 0 Å². The number of nitrogens with zero attached hydrogens (tertiary/aromatic N) is 1. The number of carboxylic acids is 1. The fourth-order valence-corrected chi connectivity index (χ4v) is 5.24. The number of carbonyl (C=O) groups is 1. The van der Waals surface area contributed by atoms with Crippen LogP contribution in [0.2, 0.25) is 0 Å². The third-order valence-corrected chi connectivity index (χ3v) is 7.61. The van der Waals surface area contributed by atoms with Crippen molar-refractivity contribution in [3.63, 3.8) is 0 Å². The standard InChI is InChI=1S/C27H34F3NO5/c1-16(24(32)33)15-26(5,31(34)35)19-9-12-21-17(14-19)6-13-22(23(21)27(28,29)30)36-20-10-7-18(8-11-20)25(2,3)4/h6,9,12-14,16,18,20H,7-8,10-11,15H2,1-5H3,(H,32,33). The van der Waals surface area contributed by atoms with Gasteiger partial charge in [0, 0.05) is 23.8 Å². The number of alkyl halides is 3. The summed E-state index contributed by atoms with van der Waals surface area (Å²) in [6.07, 6.45) is -2.16. The Morgan fingerprint density at radius 1 is 1.11 bits per heavy atom. The monoisotopic (exact) mass is 509 g/mol. The number of benzene rings is 2. The molecule has 2 atom stereocenters. The number of rotatable bonds is 7. The molecule has 0 radical (unpaired) electrons. The van der Waals surface area contributed by atoms with Gasteiger partial charge in [-0.1, -0.05) is 45.9 Å². The van der Waals surface area contributed by atoms with Crippen molar-refractivity contribution in [1.82, 2.24) is 0 Å². The predicted molar refractivity (Wildman–Crippen MR) is 131 cm³/mol. The summed E-state index contributed by atoms with van der Waals surface area (Å²) in [6.45, 7) is 9.18. The number of nitro groups is 1. The summed E-state index contributed by atoms with van der Waals surface area (Å²) < 4.78 is 48.6. The molecule has 6 nitrogen and oxygen atoms in total. The van der Waals surface area contributed by atoms with Gasteiger partial charge in [0.1, 0.15) is 11.3 Å². The maximum atomic E-state index is 14.2. The molecular formula is C27H34F3NO5. The lowest BCUT2D eigenvalue weighted by molar-refractivity contribution is -0.577. The number of carboxylic acid groups (broad SMARTS) is 1. The Kier molecular flexibility index (Phi) is 7.63. The number of hydrogen-bond acceptors (Lipinski definition) is 4. The van der Waals surface area contributed by atoms with Gasteiger partial charge in [-0.15, -0.1) is 0 Å². The molecule has 2 unspecified atom stereocenters. The largest absolute Gasteiger partial charge is 0.490 e. The normalized spacial score (nSPS) is 21.6. The van der Waals surface area contributed by atoms with Crippen molar-refractivity contribution in [3.8, 4) is 5.75 Å². The molecule has 1 saturated carbocycles. The van der Waals surface area contributed by atoms with Crippen LogP contribution >= 0.6 is 0 Å². The summed E-state index contributed by atoms with van der Waals surface area (Å²) in [4.78, 5) is 22.6. The van der Waals surface area contributed by atoms with Gasteiger partial charge in [-0.2, -0.15) is 13.2 Å². The van der Waals surface area contributed by atoms with Crippen LogP contribution in [0.4, 0.5) is 13.2 Å². The highest BCUT2D eigenvalue weighted by Gasteiger charge is 2.43. The zero-order valence-corrected chi connectivity index (χ0v) is 21.3. The van der Waals surface area contributed by atoms with E-state index in [2.05, 4.69) is 20.8 Å². The fraction of sp³-hybridized carbons (Fsp3) is 0.593. The molecular weight excluding hydrogens is 475 g/mol. The van der Waals surface area contributed by atoms with E-state index >= 15 is 0 Å². The zero-order chi connectivity index (χ0) is 27.1. The van der Waals surface area contributed by atoms with Crippen LogP contribution in [0.1, 0.15) is 77.8 Å². The summed E-state index contributed by atoms with van der Waals surface area (Å²) in [5.41, 5.74) is -2.38. The molecule has 1 fully saturated rings. The van der Waals surface area contributed by atoms with Crippen molar-refractivity contribution < 1.29 is 32.7 Å². The number of ether oxygens (including phenoxy) is 1. The quantitative estimate of drug-likeness (QED) is 0.309. The minimum atomic E-state index is -4.69. The fourth-order valence-electron chi connectivity index (χ4n) is 5.24. The minimum Gasteiger partial charge on any atom is -0.490 e. The van der Waals surface area contributed by atoms with E-state index in [9.17, 15) is 33.2 Å². The molecule has 3 rings (SSSR count). The first-order valence-electron chi connectivity index (χ1n) is 12.2. The molecule has 0 amide bonds. The average Bonchev–Trinajstić information content (AvgIpc) is 2.77. The van der Waals surface area contributed by atoms with Gasteiger partial charge >= 0.3 is 12.1 Å². The average molecular weight is 510 g/mol. The molecule has 0 aromatic heterocycles. The van der Waals surface area contributed by atoms with Crippen LogP contribution in [-0.2, 0) is 16.5 Å². The van der Waals surface area contributed by atoms with E-state index < -0.39 is 34.1 Å². The molecule has 1 aliphatic rings. The second-order valence-electron chi connectivity index (χ2n) is 11.3. The van der Waals surface area contributed by atoms with E-state index in [4.69, 9.17) is 4.74 Å². The molecule has 0 spiro atoms. The van der Waals surface area contributed by atoms with Crippen molar-refractivity contribution in [2.24, 2.45) is 17.3 Å². The van der Waals surface area contributed by atoms with E-state index in [0.717, 1.165) is 12.8 Å². The lowest BCUT2D eigenvalue weighted by Crippen LogP contribution is -2.35. The molecule has 0 heterocycles. The molecule has 0 saturated heterocycles. The van der Waals surface area contributed by atoms with E-state index in [1.54, 1.807) is 0 Å². The molecule has 1 N–H and O–H groups in total. The van der Waals surface area contributed by atoms with Gasteiger partial charge in [-0.25, -0.2) is 0 Å². The highest BCUT2D eigenvalue weighted by molar-refractivity contribution is 5.89. The summed E-state index contributed by atoms with van der Waals surface area (Å²) in [5.74, 6) is -1.93. The summed E-state index contributed by atoms with van der Waals surface area (Å²) in [5, 5.41) is 21.2. The van der Waals surface area contributed by atoms with Gasteiger partial charge in [0.05, 0.1) is 12.0 Å². The summed E-state index contributed by atoms with van der Waals surface area (Å²) in [6, 6.07) is 6.62. The Hall–Kier alpha value is -2.84. The van der Waals surface area contributed by atoms with Crippen LogP contribution in [0.15, 0.2) is 30.3 Å². The highest BCUT2D eigenvalue weighted by Crippen LogP contribution is 2.45. The SMILES string of the molecule is CC(CC(C)(c1ccc2c(C(F)(F)F)c(OC3CCC(C(C)(C)C)CC3)ccc2c1)[N+](=O)[O-])C(=O)O. The van der Waals surface area contributed by atoms with Crippen LogP contribution in [0.3, 0.4) is 0 Å². The van der Waals surface area contributed by atoms with E-state index in [1.807, 2.05) is 0 Å². The smallest absolute Gasteiger partial charge is 0.420 e. The second kappa shape index (κ2) is 9.90. The molecule has 0 aliphatic heterocycles. The molecule has 2 aromatic carbocycles. The van der Waals surface area contributed by atoms with E-state index in [0.29, 0.717) is 18.8 Å². The molecule has 1 aliphatic carbocycles. The number of hydrogen-bond donors (Lipinski definition) is 1. The Morgan fingerprint density at radius 2 is 1.72 bits per heavy atom. The third-order valence-electron chi connectivity index (χ3n) is 7.61. The maximum Gasteiger partial charge on any atom is 0.420 e. The third kappa shape index (κ3) is 5.76. The molecule has 0 bridgehead atoms. The topological polar surface area (TPSA) is 89.7 Å². The Bertz CT molecular complexity index is 1130. The molecule has 36 heavy (non-hydrogen) atoms. The first-order valence-corrected chi connectivity index (χ1v) is 12.2. The van der Waals surface area contributed by atoms with Crippen LogP contribution in [-0.4, -0.2) is 22.1 Å². The van der Waals surface area contributed by atoms with E-state index in [1.165, 1.54) is 44.2 Å². The van der Waals surface area contributed by atoms with Crippen LogP contribution in [0.5, 0.6) is 5.75 Å². The molecule has 2 aromatic rings. The Morgan fingerprint density at radius 3 is 2.22 bits per heavy atom. The number of fused-ring (bicyclic) bond motifs is 1. The number of aliphatic carboxylic acids is 1. The minimum absolute atomic E-state index is 0.107. The van der Waals surface area contributed by atoms with Crippen molar-refractivity contribution in [1.29, 1.82) is 0 Å². The van der Waals surface area contributed by atoms with Crippen LogP contribution < -0.4 is 4.74 Å². The van der Waals surface area contributed by atoms with Crippen LogP contribution in [0.25, 0.3) is 10.8 Å². The first-order chi connectivity index (χ1) is 16.5. The highest BCUT2D eigenvalue weighted by atomic mass is 19.4. The summed E-state index contributed by atoms with van der Waals surface area (Å²) in [7, 11) is 0. The Labute approximate surface area is 209 Å². The zero-order valence-electron chi connectivity index (χ0n) is 21.3. The van der Waals surface area contributed by atoms with Gasteiger partial charge in [0.2, 0.25) is 5.54 Å². The molecule has 198 valence electrons. The van der Waals surface area contributed by atoms with Gasteiger partial charge in [0.15, 0.2) is 0 Å². The van der Waals surface area contributed by atoms with Crippen molar-refractivity contribution >= 4 is 16.7 Å². The molecule has 9 heteroatoms. The van der Waals surface area contributed by atoms with Crippen molar-refractivity contribution in [3.05, 3.63) is 51.6 Å².